The molecule has 4 nitrogen and oxygen atoms in total. The minimum atomic E-state index is 0.335. The van der Waals surface area contributed by atoms with E-state index in [1.54, 1.807) is 0 Å². The first-order valence-corrected chi connectivity index (χ1v) is 6.86. The van der Waals surface area contributed by atoms with E-state index in [1.165, 1.54) is 18.7 Å². The molecular weight excluding hydrogens is 224 g/mol. The molecule has 0 amide bonds. The van der Waals surface area contributed by atoms with Crippen LogP contribution in [0, 0.1) is 0 Å². The second kappa shape index (κ2) is 4.69. The van der Waals surface area contributed by atoms with Crippen molar-refractivity contribution < 1.29 is 0 Å². The summed E-state index contributed by atoms with van der Waals surface area (Å²) in [6.45, 7) is 3.08. The molecule has 2 aromatic heterocycles. The predicted octanol–water partition coefficient (Wildman–Crippen LogP) is 2.44. The van der Waals surface area contributed by atoms with Gasteiger partial charge in [0.15, 0.2) is 5.65 Å². The van der Waals surface area contributed by atoms with Gasteiger partial charge in [0.05, 0.1) is 0 Å². The molecule has 2 unspecified atom stereocenters. The number of aryl methyl sites for hydroxylation is 1. The fourth-order valence-corrected chi connectivity index (χ4v) is 3.06. The second-order valence-corrected chi connectivity index (χ2v) is 5.18. The van der Waals surface area contributed by atoms with Crippen LogP contribution in [0.1, 0.15) is 44.3 Å². The third kappa shape index (κ3) is 1.90. The Morgan fingerprint density at radius 2 is 2.33 bits per heavy atom. The van der Waals surface area contributed by atoms with Crippen LogP contribution in [0.4, 0.5) is 0 Å². The normalized spacial score (nSPS) is 24.6. The molecule has 1 fully saturated rings. The first kappa shape index (κ1) is 11.7. The zero-order chi connectivity index (χ0) is 12.5. The third-order valence-corrected chi connectivity index (χ3v) is 3.93. The van der Waals surface area contributed by atoms with Gasteiger partial charge in [-0.2, -0.15) is 0 Å². The molecule has 0 aliphatic heterocycles. The van der Waals surface area contributed by atoms with Gasteiger partial charge in [0.25, 0.3) is 0 Å². The van der Waals surface area contributed by atoms with Gasteiger partial charge in [0, 0.05) is 24.7 Å². The number of hydrogen-bond acceptors (Lipinski definition) is 3. The van der Waals surface area contributed by atoms with Gasteiger partial charge >= 0.3 is 0 Å². The molecule has 0 saturated heterocycles. The molecule has 0 spiro atoms. The van der Waals surface area contributed by atoms with E-state index in [2.05, 4.69) is 16.5 Å². The monoisotopic (exact) mass is 244 g/mol. The van der Waals surface area contributed by atoms with Crippen molar-refractivity contribution in [1.82, 2.24) is 14.5 Å². The molecule has 0 aromatic carbocycles. The van der Waals surface area contributed by atoms with E-state index in [9.17, 15) is 0 Å². The molecule has 2 N–H and O–H groups in total. The maximum atomic E-state index is 6.10. The van der Waals surface area contributed by atoms with Crippen molar-refractivity contribution in [3.8, 4) is 0 Å². The molecule has 0 bridgehead atoms. The van der Waals surface area contributed by atoms with Gasteiger partial charge in [-0.05, 0) is 38.3 Å². The molecule has 18 heavy (non-hydrogen) atoms. The molecule has 1 saturated carbocycles. The van der Waals surface area contributed by atoms with Crippen LogP contribution < -0.4 is 5.73 Å². The molecule has 4 heteroatoms. The standard InChI is InChI=1S/C14H20N4/c1-2-18-13(10-5-3-6-11(15)9-10)17-12-7-4-8-16-14(12)18/h4,7-8,10-11H,2-3,5-6,9,15H2,1H3. The van der Waals surface area contributed by atoms with Gasteiger partial charge < -0.3 is 10.3 Å². The number of nitrogens with zero attached hydrogens (tertiary/aromatic N) is 3. The first-order chi connectivity index (χ1) is 8.79. The zero-order valence-electron chi connectivity index (χ0n) is 10.8. The zero-order valence-corrected chi connectivity index (χ0v) is 10.8. The summed E-state index contributed by atoms with van der Waals surface area (Å²) in [4.78, 5) is 9.24. The van der Waals surface area contributed by atoms with Crippen molar-refractivity contribution >= 4 is 11.2 Å². The van der Waals surface area contributed by atoms with E-state index in [0.717, 1.165) is 30.6 Å². The Morgan fingerprint density at radius 3 is 3.11 bits per heavy atom. The lowest BCUT2D eigenvalue weighted by Gasteiger charge is -2.26. The van der Waals surface area contributed by atoms with Crippen LogP contribution in [0.3, 0.4) is 0 Å². The lowest BCUT2D eigenvalue weighted by Crippen LogP contribution is -2.28. The van der Waals surface area contributed by atoms with E-state index < -0.39 is 0 Å². The lowest BCUT2D eigenvalue weighted by atomic mass is 9.85. The Morgan fingerprint density at radius 1 is 1.44 bits per heavy atom. The second-order valence-electron chi connectivity index (χ2n) is 5.18. The molecule has 2 heterocycles. The largest absolute Gasteiger partial charge is 0.328 e. The number of aromatic nitrogens is 3. The molecular formula is C14H20N4. The minimum absolute atomic E-state index is 0.335. The molecule has 1 aliphatic carbocycles. The Balaban J connectivity index is 2.05. The predicted molar refractivity (Wildman–Crippen MR) is 72.4 cm³/mol. The van der Waals surface area contributed by atoms with Gasteiger partial charge in [-0.1, -0.05) is 6.42 Å². The highest BCUT2D eigenvalue weighted by Crippen LogP contribution is 2.33. The van der Waals surface area contributed by atoms with Gasteiger partial charge in [-0.15, -0.1) is 0 Å². The molecule has 3 rings (SSSR count). The molecule has 1 aliphatic rings. The summed E-state index contributed by atoms with van der Waals surface area (Å²) in [5.41, 5.74) is 8.11. The lowest BCUT2D eigenvalue weighted by molar-refractivity contribution is 0.375. The van der Waals surface area contributed by atoms with E-state index in [4.69, 9.17) is 10.7 Å². The summed E-state index contributed by atoms with van der Waals surface area (Å²) >= 11 is 0. The third-order valence-electron chi connectivity index (χ3n) is 3.93. The van der Waals surface area contributed by atoms with Crippen molar-refractivity contribution in [3.63, 3.8) is 0 Å². The highest BCUT2D eigenvalue weighted by molar-refractivity contribution is 5.71. The maximum Gasteiger partial charge on any atom is 0.159 e. The van der Waals surface area contributed by atoms with Crippen LogP contribution in [-0.4, -0.2) is 20.6 Å². The van der Waals surface area contributed by atoms with Crippen molar-refractivity contribution in [2.24, 2.45) is 5.73 Å². The van der Waals surface area contributed by atoms with Crippen LogP contribution in [0.2, 0.25) is 0 Å². The topological polar surface area (TPSA) is 56.7 Å². The smallest absolute Gasteiger partial charge is 0.159 e. The average Bonchev–Trinajstić information content (AvgIpc) is 2.77. The number of nitrogens with two attached hydrogens (primary N) is 1. The fraction of sp³-hybridized carbons (Fsp3) is 0.571. The van der Waals surface area contributed by atoms with Crippen molar-refractivity contribution in [2.45, 2.75) is 51.1 Å². The number of rotatable bonds is 2. The maximum absolute atomic E-state index is 6.10. The Bertz CT molecular complexity index is 546. The number of hydrogen-bond donors (Lipinski definition) is 1. The van der Waals surface area contributed by atoms with E-state index in [0.29, 0.717) is 12.0 Å². The van der Waals surface area contributed by atoms with E-state index in [-0.39, 0.29) is 0 Å². The van der Waals surface area contributed by atoms with Gasteiger partial charge in [-0.3, -0.25) is 0 Å². The van der Waals surface area contributed by atoms with E-state index >= 15 is 0 Å². The highest BCUT2D eigenvalue weighted by Gasteiger charge is 2.25. The number of pyridine rings is 1. The van der Waals surface area contributed by atoms with Crippen LogP contribution in [-0.2, 0) is 6.54 Å². The summed E-state index contributed by atoms with van der Waals surface area (Å²) in [7, 11) is 0. The summed E-state index contributed by atoms with van der Waals surface area (Å²) in [5.74, 6) is 1.68. The van der Waals surface area contributed by atoms with E-state index in [1.807, 2.05) is 18.3 Å². The molecule has 2 atom stereocenters. The quantitative estimate of drug-likeness (QED) is 0.882. The number of fused-ring (bicyclic) bond motifs is 1. The molecule has 0 radical (unpaired) electrons. The first-order valence-electron chi connectivity index (χ1n) is 6.86. The van der Waals surface area contributed by atoms with Crippen molar-refractivity contribution in [2.75, 3.05) is 0 Å². The summed E-state index contributed by atoms with van der Waals surface area (Å²) < 4.78 is 2.25. The van der Waals surface area contributed by atoms with Crippen molar-refractivity contribution in [3.05, 3.63) is 24.2 Å². The minimum Gasteiger partial charge on any atom is -0.328 e. The summed E-state index contributed by atoms with van der Waals surface area (Å²) in [5, 5.41) is 0. The summed E-state index contributed by atoms with van der Waals surface area (Å²) in [6, 6.07) is 4.33. The fourth-order valence-electron chi connectivity index (χ4n) is 3.06. The SMILES string of the molecule is CCn1c(C2CCCC(N)C2)nc2cccnc21. The Labute approximate surface area is 107 Å². The van der Waals surface area contributed by atoms with Gasteiger partial charge in [0.2, 0.25) is 0 Å². The Kier molecular flexibility index (Phi) is 3.04. The summed E-state index contributed by atoms with van der Waals surface area (Å²) in [6.07, 6.45) is 6.47. The van der Waals surface area contributed by atoms with Crippen molar-refractivity contribution in [1.29, 1.82) is 0 Å². The van der Waals surface area contributed by atoms with Gasteiger partial charge in [0.1, 0.15) is 11.3 Å². The van der Waals surface area contributed by atoms with Crippen LogP contribution >= 0.6 is 0 Å². The highest BCUT2D eigenvalue weighted by atomic mass is 15.1. The number of imidazole rings is 1. The Hall–Kier alpha value is -1.42. The van der Waals surface area contributed by atoms with Crippen LogP contribution in [0.5, 0.6) is 0 Å². The van der Waals surface area contributed by atoms with Crippen LogP contribution in [0.25, 0.3) is 11.2 Å². The molecule has 2 aromatic rings. The van der Waals surface area contributed by atoms with Gasteiger partial charge in [-0.25, -0.2) is 9.97 Å². The van der Waals surface area contributed by atoms with Crippen LogP contribution in [0.15, 0.2) is 18.3 Å². The molecule has 96 valence electrons. The average molecular weight is 244 g/mol.